The molecular formula is C11H11BrF3NO2. The van der Waals surface area contributed by atoms with Crippen LogP contribution in [-0.4, -0.2) is 23.8 Å². The van der Waals surface area contributed by atoms with Gasteiger partial charge in [0.1, 0.15) is 0 Å². The third-order valence-corrected chi connectivity index (χ3v) is 3.32. The second-order valence-corrected chi connectivity index (χ2v) is 4.58. The molecule has 0 aliphatic heterocycles. The number of halogens is 4. The second-order valence-electron chi connectivity index (χ2n) is 3.73. The zero-order chi connectivity index (χ0) is 13.9. The van der Waals surface area contributed by atoms with Crippen molar-refractivity contribution in [3.05, 3.63) is 28.2 Å². The molecule has 0 amide bonds. The van der Waals surface area contributed by atoms with E-state index < -0.39 is 24.6 Å². The van der Waals surface area contributed by atoms with Gasteiger partial charge in [-0.1, -0.05) is 22.0 Å². The Hall–Kier alpha value is -1.24. The van der Waals surface area contributed by atoms with E-state index in [9.17, 15) is 18.0 Å². The van der Waals surface area contributed by atoms with Crippen LogP contribution in [0, 0.1) is 12.8 Å². The van der Waals surface area contributed by atoms with E-state index in [4.69, 9.17) is 5.11 Å². The lowest BCUT2D eigenvalue weighted by Crippen LogP contribution is -2.36. The van der Waals surface area contributed by atoms with Crippen LogP contribution in [0.4, 0.5) is 18.9 Å². The zero-order valence-corrected chi connectivity index (χ0v) is 11.0. The summed E-state index contributed by atoms with van der Waals surface area (Å²) in [6.45, 7) is 1.02. The van der Waals surface area contributed by atoms with Gasteiger partial charge >= 0.3 is 12.1 Å². The highest BCUT2D eigenvalue weighted by Crippen LogP contribution is 2.28. The molecule has 0 heterocycles. The minimum absolute atomic E-state index is 0.472. The fourth-order valence-corrected chi connectivity index (χ4v) is 1.72. The lowest BCUT2D eigenvalue weighted by Gasteiger charge is -2.18. The molecule has 7 heteroatoms. The molecule has 0 radical (unpaired) electrons. The molecule has 0 fully saturated rings. The molecule has 1 aromatic rings. The highest BCUT2D eigenvalue weighted by atomic mass is 79.9. The van der Waals surface area contributed by atoms with Gasteiger partial charge in [-0.25, -0.2) is 0 Å². The topological polar surface area (TPSA) is 49.3 Å². The van der Waals surface area contributed by atoms with Crippen molar-refractivity contribution in [3.8, 4) is 0 Å². The predicted octanol–water partition coefficient (Wildman–Crippen LogP) is 3.43. The summed E-state index contributed by atoms with van der Waals surface area (Å²) in [5.41, 5.74) is 1.20. The molecule has 0 saturated heterocycles. The summed E-state index contributed by atoms with van der Waals surface area (Å²) in [5.74, 6) is -4.31. The van der Waals surface area contributed by atoms with E-state index in [1.54, 1.807) is 25.1 Å². The number of carboxylic acids is 1. The van der Waals surface area contributed by atoms with Crippen LogP contribution in [0.3, 0.4) is 0 Å². The van der Waals surface area contributed by atoms with Crippen molar-refractivity contribution in [1.29, 1.82) is 0 Å². The monoisotopic (exact) mass is 325 g/mol. The summed E-state index contributed by atoms with van der Waals surface area (Å²) in [6.07, 6.45) is -4.77. The molecule has 0 aromatic heterocycles. The first-order valence-corrected chi connectivity index (χ1v) is 5.81. The number of hydrogen-bond acceptors (Lipinski definition) is 2. The Morgan fingerprint density at radius 3 is 2.61 bits per heavy atom. The molecule has 2 N–H and O–H groups in total. The van der Waals surface area contributed by atoms with Gasteiger partial charge in [0.05, 0.1) is 0 Å². The number of benzene rings is 1. The molecular weight excluding hydrogens is 315 g/mol. The van der Waals surface area contributed by atoms with Crippen LogP contribution < -0.4 is 5.32 Å². The normalized spacial score (nSPS) is 13.2. The van der Waals surface area contributed by atoms with Crippen LogP contribution >= 0.6 is 15.9 Å². The third kappa shape index (κ3) is 3.63. The van der Waals surface area contributed by atoms with Gasteiger partial charge in [0, 0.05) is 16.7 Å². The Morgan fingerprint density at radius 1 is 1.50 bits per heavy atom. The average molecular weight is 326 g/mol. The lowest BCUT2D eigenvalue weighted by atomic mass is 10.1. The molecule has 1 unspecified atom stereocenters. The number of aliphatic carboxylic acids is 1. The van der Waals surface area contributed by atoms with Crippen LogP contribution in [0.1, 0.15) is 5.56 Å². The summed E-state index contributed by atoms with van der Waals surface area (Å²) >= 11 is 3.24. The maximum atomic E-state index is 12.4. The van der Waals surface area contributed by atoms with E-state index in [0.29, 0.717) is 5.69 Å². The molecule has 0 spiro atoms. The first-order valence-electron chi connectivity index (χ1n) is 5.02. The van der Waals surface area contributed by atoms with E-state index >= 15 is 0 Å². The Balaban J connectivity index is 2.80. The number of alkyl halides is 3. The van der Waals surface area contributed by atoms with Gasteiger partial charge in [0.2, 0.25) is 0 Å². The van der Waals surface area contributed by atoms with Crippen LogP contribution in [0.25, 0.3) is 0 Å². The number of rotatable bonds is 4. The SMILES string of the molecule is Cc1c(Br)cccc1NCC(C(=O)O)C(F)(F)F. The van der Waals surface area contributed by atoms with Gasteiger partial charge in [-0.15, -0.1) is 0 Å². The molecule has 0 saturated carbocycles. The van der Waals surface area contributed by atoms with E-state index in [2.05, 4.69) is 21.2 Å². The fourth-order valence-electron chi connectivity index (χ4n) is 1.35. The molecule has 0 aliphatic carbocycles. The molecule has 100 valence electrons. The molecule has 1 aromatic carbocycles. The van der Waals surface area contributed by atoms with Crippen LogP contribution in [0.2, 0.25) is 0 Å². The molecule has 1 rings (SSSR count). The number of anilines is 1. The van der Waals surface area contributed by atoms with Gasteiger partial charge in [-0.2, -0.15) is 13.2 Å². The summed E-state index contributed by atoms with van der Waals surface area (Å²) in [6, 6.07) is 5.00. The van der Waals surface area contributed by atoms with Crippen molar-refractivity contribution < 1.29 is 23.1 Å². The summed E-state index contributed by atoms with van der Waals surface area (Å²) in [5, 5.41) is 11.1. The standard InChI is InChI=1S/C11H11BrF3NO2/c1-6-8(12)3-2-4-9(6)16-5-7(10(17)18)11(13,14)15/h2-4,7,16H,5H2,1H3,(H,17,18). The second kappa shape index (κ2) is 5.60. The Morgan fingerprint density at radius 2 is 2.11 bits per heavy atom. The molecule has 18 heavy (non-hydrogen) atoms. The fraction of sp³-hybridized carbons (Fsp3) is 0.364. The van der Waals surface area contributed by atoms with Crippen molar-refractivity contribution in [2.75, 3.05) is 11.9 Å². The number of nitrogens with one attached hydrogen (secondary N) is 1. The van der Waals surface area contributed by atoms with Gasteiger partial charge in [0.25, 0.3) is 0 Å². The smallest absolute Gasteiger partial charge is 0.403 e. The largest absolute Gasteiger partial charge is 0.481 e. The average Bonchev–Trinajstić information content (AvgIpc) is 2.22. The van der Waals surface area contributed by atoms with Gasteiger partial charge in [0.15, 0.2) is 5.92 Å². The first kappa shape index (κ1) is 14.8. The predicted molar refractivity (Wildman–Crippen MR) is 64.5 cm³/mol. The van der Waals surface area contributed by atoms with Crippen molar-refractivity contribution in [3.63, 3.8) is 0 Å². The van der Waals surface area contributed by atoms with Gasteiger partial charge in [-0.3, -0.25) is 4.79 Å². The quantitative estimate of drug-likeness (QED) is 0.891. The van der Waals surface area contributed by atoms with Crippen molar-refractivity contribution in [1.82, 2.24) is 0 Å². The summed E-state index contributed by atoms with van der Waals surface area (Å²) in [7, 11) is 0. The molecule has 0 bridgehead atoms. The minimum atomic E-state index is -4.77. The highest BCUT2D eigenvalue weighted by molar-refractivity contribution is 9.10. The number of carbonyl (C=O) groups is 1. The van der Waals surface area contributed by atoms with E-state index in [0.717, 1.165) is 10.0 Å². The molecule has 0 aliphatic rings. The van der Waals surface area contributed by atoms with Gasteiger partial charge in [-0.05, 0) is 24.6 Å². The lowest BCUT2D eigenvalue weighted by molar-refractivity contribution is -0.190. The van der Waals surface area contributed by atoms with Gasteiger partial charge < -0.3 is 10.4 Å². The molecule has 3 nitrogen and oxygen atoms in total. The first-order chi connectivity index (χ1) is 8.23. The van der Waals surface area contributed by atoms with Crippen LogP contribution in [0.5, 0.6) is 0 Å². The highest BCUT2D eigenvalue weighted by Gasteiger charge is 2.44. The minimum Gasteiger partial charge on any atom is -0.481 e. The Kier molecular flexibility index (Phi) is 4.61. The zero-order valence-electron chi connectivity index (χ0n) is 9.38. The number of hydrogen-bond donors (Lipinski definition) is 2. The maximum Gasteiger partial charge on any atom is 0.403 e. The molecule has 1 atom stereocenters. The Bertz CT molecular complexity index is 448. The van der Waals surface area contributed by atoms with Crippen molar-refractivity contribution in [2.45, 2.75) is 13.1 Å². The maximum absolute atomic E-state index is 12.4. The van der Waals surface area contributed by atoms with E-state index in [1.807, 2.05) is 0 Å². The summed E-state index contributed by atoms with van der Waals surface area (Å²) < 4.78 is 38.0. The van der Waals surface area contributed by atoms with Crippen LogP contribution in [-0.2, 0) is 4.79 Å². The summed E-state index contributed by atoms with van der Waals surface area (Å²) in [4.78, 5) is 10.6. The van der Waals surface area contributed by atoms with Crippen molar-refractivity contribution in [2.24, 2.45) is 5.92 Å². The Labute approximate surface area is 110 Å². The number of carboxylic acid groups (broad SMARTS) is 1. The van der Waals surface area contributed by atoms with E-state index in [-0.39, 0.29) is 0 Å². The van der Waals surface area contributed by atoms with Crippen LogP contribution in [0.15, 0.2) is 22.7 Å². The van der Waals surface area contributed by atoms with Crippen molar-refractivity contribution >= 4 is 27.6 Å². The third-order valence-electron chi connectivity index (χ3n) is 2.46. The van der Waals surface area contributed by atoms with E-state index in [1.165, 1.54) is 0 Å².